The fourth-order valence-corrected chi connectivity index (χ4v) is 4.02. The highest BCUT2D eigenvalue weighted by Gasteiger charge is 2.49. The number of rotatable bonds is 3. The van der Waals surface area contributed by atoms with E-state index in [1.807, 2.05) is 6.07 Å². The van der Waals surface area contributed by atoms with Crippen LogP contribution in [0.4, 0.5) is 5.82 Å². The van der Waals surface area contributed by atoms with Crippen molar-refractivity contribution < 1.29 is 4.79 Å². The number of hydrogen-bond donors (Lipinski definition) is 3. The molecule has 1 aromatic rings. The number of aromatic amines is 1. The number of nitrogens with zero attached hydrogens (tertiary/aromatic N) is 1. The quantitative estimate of drug-likeness (QED) is 0.798. The van der Waals surface area contributed by atoms with Crippen molar-refractivity contribution in [3.05, 3.63) is 11.8 Å². The lowest BCUT2D eigenvalue weighted by Crippen LogP contribution is -2.42. The van der Waals surface area contributed by atoms with Gasteiger partial charge in [0.05, 0.1) is 5.92 Å². The van der Waals surface area contributed by atoms with Gasteiger partial charge in [-0.3, -0.25) is 9.89 Å². The van der Waals surface area contributed by atoms with E-state index in [0.29, 0.717) is 17.7 Å². The Kier molecular flexibility index (Phi) is 3.56. The fraction of sp³-hybridized carbons (Fsp3) is 0.750. The molecule has 116 valence electrons. The van der Waals surface area contributed by atoms with Gasteiger partial charge in [-0.15, -0.1) is 0 Å². The zero-order chi connectivity index (χ0) is 15.2. The van der Waals surface area contributed by atoms with Crippen LogP contribution < -0.4 is 11.1 Å². The van der Waals surface area contributed by atoms with E-state index < -0.39 is 0 Å². The van der Waals surface area contributed by atoms with Crippen LogP contribution in [0.25, 0.3) is 0 Å². The minimum absolute atomic E-state index is 0.0248. The normalized spacial score (nSPS) is 31.6. The predicted molar refractivity (Wildman–Crippen MR) is 82.7 cm³/mol. The summed E-state index contributed by atoms with van der Waals surface area (Å²) in [5.74, 6) is 1.64. The van der Waals surface area contributed by atoms with Crippen LogP contribution in [-0.2, 0) is 11.2 Å². The van der Waals surface area contributed by atoms with Gasteiger partial charge in [-0.05, 0) is 42.9 Å². The summed E-state index contributed by atoms with van der Waals surface area (Å²) in [4.78, 5) is 12.5. The Morgan fingerprint density at radius 1 is 1.43 bits per heavy atom. The number of nitrogens with one attached hydrogen (secondary N) is 2. The van der Waals surface area contributed by atoms with Crippen molar-refractivity contribution in [2.45, 2.75) is 52.5 Å². The summed E-state index contributed by atoms with van der Waals surface area (Å²) in [5, 5.41) is 10.2. The number of anilines is 1. The van der Waals surface area contributed by atoms with E-state index in [2.05, 4.69) is 36.3 Å². The summed E-state index contributed by atoms with van der Waals surface area (Å²) in [6.45, 7) is 6.54. The molecule has 2 aliphatic rings. The number of H-pyrrole nitrogens is 1. The molecule has 0 radical (unpaired) electrons. The van der Waals surface area contributed by atoms with Gasteiger partial charge in [-0.2, -0.15) is 5.10 Å². The Labute approximate surface area is 126 Å². The SMILES string of the molecule is CC(C)(C)Cc1cc(NC(=O)C2C3CCC(C3)C2N)n[nH]1. The Morgan fingerprint density at radius 3 is 2.76 bits per heavy atom. The molecule has 2 saturated carbocycles. The van der Waals surface area contributed by atoms with Crippen LogP contribution in [-0.4, -0.2) is 22.1 Å². The van der Waals surface area contributed by atoms with Gasteiger partial charge in [0.25, 0.3) is 0 Å². The van der Waals surface area contributed by atoms with Gasteiger partial charge >= 0.3 is 0 Å². The average molecular weight is 290 g/mol. The molecule has 21 heavy (non-hydrogen) atoms. The highest BCUT2D eigenvalue weighted by Crippen LogP contribution is 2.47. The van der Waals surface area contributed by atoms with Gasteiger partial charge in [0, 0.05) is 17.8 Å². The summed E-state index contributed by atoms with van der Waals surface area (Å²) in [6.07, 6.45) is 4.36. The Balaban J connectivity index is 1.63. The Morgan fingerprint density at radius 2 is 2.14 bits per heavy atom. The van der Waals surface area contributed by atoms with Crippen molar-refractivity contribution in [3.8, 4) is 0 Å². The van der Waals surface area contributed by atoms with Crippen molar-refractivity contribution in [2.24, 2.45) is 28.9 Å². The standard InChI is InChI=1S/C16H26N4O/c1-16(2,3)8-11-7-12(20-19-11)18-15(21)13-9-4-5-10(6-9)14(13)17/h7,9-10,13-14H,4-6,8,17H2,1-3H3,(H2,18,19,20,21). The van der Waals surface area contributed by atoms with Crippen LogP contribution in [0.2, 0.25) is 0 Å². The molecule has 2 aliphatic carbocycles. The van der Waals surface area contributed by atoms with Crippen molar-refractivity contribution in [1.82, 2.24) is 10.2 Å². The molecule has 0 spiro atoms. The highest BCUT2D eigenvalue weighted by molar-refractivity contribution is 5.92. The Hall–Kier alpha value is -1.36. The number of aromatic nitrogens is 2. The van der Waals surface area contributed by atoms with Crippen molar-refractivity contribution in [3.63, 3.8) is 0 Å². The van der Waals surface area contributed by atoms with Crippen LogP contribution in [0.3, 0.4) is 0 Å². The molecule has 1 aromatic heterocycles. The molecule has 1 amide bonds. The fourth-order valence-electron chi connectivity index (χ4n) is 4.02. The van der Waals surface area contributed by atoms with Gasteiger partial charge in [0.15, 0.2) is 5.82 Å². The minimum Gasteiger partial charge on any atom is -0.327 e. The summed E-state index contributed by atoms with van der Waals surface area (Å²) in [7, 11) is 0. The van der Waals surface area contributed by atoms with Gasteiger partial charge in [0.2, 0.25) is 5.91 Å². The maximum atomic E-state index is 12.5. The van der Waals surface area contributed by atoms with E-state index in [1.54, 1.807) is 0 Å². The smallest absolute Gasteiger partial charge is 0.230 e. The first-order chi connectivity index (χ1) is 9.83. The monoisotopic (exact) mass is 290 g/mol. The van der Waals surface area contributed by atoms with E-state index in [9.17, 15) is 4.79 Å². The number of fused-ring (bicyclic) bond motifs is 2. The van der Waals surface area contributed by atoms with Crippen molar-refractivity contribution in [2.75, 3.05) is 5.32 Å². The second kappa shape index (κ2) is 5.13. The molecule has 0 aromatic carbocycles. The molecule has 4 N–H and O–H groups in total. The number of nitrogens with two attached hydrogens (primary N) is 1. The van der Waals surface area contributed by atoms with E-state index >= 15 is 0 Å². The van der Waals surface area contributed by atoms with Crippen molar-refractivity contribution >= 4 is 11.7 Å². The number of amides is 1. The molecule has 2 fully saturated rings. The maximum absolute atomic E-state index is 12.5. The van der Waals surface area contributed by atoms with E-state index in [1.165, 1.54) is 6.42 Å². The molecule has 3 rings (SSSR count). The molecule has 0 saturated heterocycles. The predicted octanol–water partition coefficient (Wildman–Crippen LogP) is 2.31. The molecule has 2 bridgehead atoms. The van der Waals surface area contributed by atoms with E-state index in [4.69, 9.17) is 5.73 Å². The molecule has 1 heterocycles. The van der Waals surface area contributed by atoms with Gasteiger partial charge in [0.1, 0.15) is 0 Å². The third-order valence-electron chi connectivity index (χ3n) is 4.89. The largest absolute Gasteiger partial charge is 0.327 e. The van der Waals surface area contributed by atoms with Crippen LogP contribution >= 0.6 is 0 Å². The first-order valence-electron chi connectivity index (χ1n) is 7.94. The van der Waals surface area contributed by atoms with Gasteiger partial charge < -0.3 is 11.1 Å². The van der Waals surface area contributed by atoms with Crippen LogP contribution in [0.15, 0.2) is 6.07 Å². The van der Waals surface area contributed by atoms with Gasteiger partial charge in [-0.25, -0.2) is 0 Å². The number of carbonyl (C=O) groups excluding carboxylic acids is 1. The molecular weight excluding hydrogens is 264 g/mol. The maximum Gasteiger partial charge on any atom is 0.230 e. The van der Waals surface area contributed by atoms with Crippen LogP contribution in [0.1, 0.15) is 45.7 Å². The summed E-state index contributed by atoms with van der Waals surface area (Å²) >= 11 is 0. The summed E-state index contributed by atoms with van der Waals surface area (Å²) in [6, 6.07) is 1.96. The van der Waals surface area contributed by atoms with Crippen LogP contribution in [0.5, 0.6) is 0 Å². The first-order valence-corrected chi connectivity index (χ1v) is 7.94. The lowest BCUT2D eigenvalue weighted by Gasteiger charge is -2.26. The second-order valence-corrected chi connectivity index (χ2v) is 7.94. The third-order valence-corrected chi connectivity index (χ3v) is 4.89. The zero-order valence-electron chi connectivity index (χ0n) is 13.1. The van der Waals surface area contributed by atoms with E-state index in [-0.39, 0.29) is 23.3 Å². The number of hydrogen-bond acceptors (Lipinski definition) is 3. The highest BCUT2D eigenvalue weighted by atomic mass is 16.2. The van der Waals surface area contributed by atoms with Crippen molar-refractivity contribution in [1.29, 1.82) is 0 Å². The summed E-state index contributed by atoms with van der Waals surface area (Å²) in [5.41, 5.74) is 7.46. The molecule has 0 aliphatic heterocycles. The molecule has 4 atom stereocenters. The van der Waals surface area contributed by atoms with Crippen LogP contribution in [0, 0.1) is 23.2 Å². The second-order valence-electron chi connectivity index (χ2n) is 7.94. The van der Waals surface area contributed by atoms with Gasteiger partial charge in [-0.1, -0.05) is 20.8 Å². The topological polar surface area (TPSA) is 83.8 Å². The zero-order valence-corrected chi connectivity index (χ0v) is 13.1. The average Bonchev–Trinajstić information content (AvgIpc) is 3.03. The minimum atomic E-state index is -0.0356. The molecular formula is C16H26N4O. The number of carbonyl (C=O) groups is 1. The molecule has 4 unspecified atom stereocenters. The molecule has 5 nitrogen and oxygen atoms in total. The third kappa shape index (κ3) is 2.98. The Bertz CT molecular complexity index is 529. The molecule has 5 heteroatoms. The lowest BCUT2D eigenvalue weighted by molar-refractivity contribution is -0.121. The first kappa shape index (κ1) is 14.6. The lowest BCUT2D eigenvalue weighted by atomic mass is 9.84. The van der Waals surface area contributed by atoms with E-state index in [0.717, 1.165) is 25.0 Å². The summed E-state index contributed by atoms with van der Waals surface area (Å²) < 4.78 is 0.